The number of aromatic amines is 1. The molecule has 14 heavy (non-hydrogen) atoms. The third kappa shape index (κ3) is 2.35. The lowest BCUT2D eigenvalue weighted by Gasteiger charge is -2.04. The van der Waals surface area contributed by atoms with Crippen molar-refractivity contribution in [1.29, 1.82) is 0 Å². The van der Waals surface area contributed by atoms with E-state index >= 15 is 0 Å². The second-order valence-electron chi connectivity index (χ2n) is 4.17. The smallest absolute Gasteiger partial charge is 0.106 e. The lowest BCUT2D eigenvalue weighted by atomic mass is 10.1. The lowest BCUT2D eigenvalue weighted by Crippen LogP contribution is -2.11. The fraction of sp³-hybridized carbons (Fsp3) is 0.727. The maximum absolute atomic E-state index is 4.41. The molecule has 1 aromatic rings. The van der Waals surface area contributed by atoms with Crippen LogP contribution in [0.3, 0.4) is 0 Å². The molecule has 3 heteroatoms. The Morgan fingerprint density at radius 1 is 1.57 bits per heavy atom. The molecular weight excluding hydrogens is 174 g/mol. The Hall–Kier alpha value is -0.830. The topological polar surface area (TPSA) is 40.7 Å². The van der Waals surface area contributed by atoms with Gasteiger partial charge < -0.3 is 10.3 Å². The van der Waals surface area contributed by atoms with Crippen LogP contribution in [0.25, 0.3) is 0 Å². The summed E-state index contributed by atoms with van der Waals surface area (Å²) in [6, 6.07) is 0. The van der Waals surface area contributed by atoms with E-state index in [-0.39, 0.29) is 0 Å². The molecule has 2 rings (SSSR count). The summed E-state index contributed by atoms with van der Waals surface area (Å²) in [6.45, 7) is 4.53. The maximum atomic E-state index is 4.41. The first-order chi connectivity index (χ1) is 6.88. The number of nitrogens with zero attached hydrogens (tertiary/aromatic N) is 1. The summed E-state index contributed by atoms with van der Waals surface area (Å²) in [6.07, 6.45) is 6.70. The largest absolute Gasteiger partial charge is 0.346 e. The Kier molecular flexibility index (Phi) is 3.19. The highest BCUT2D eigenvalue weighted by molar-refractivity contribution is 5.02. The molecule has 0 aliphatic carbocycles. The first-order valence-electron chi connectivity index (χ1n) is 5.62. The Labute approximate surface area is 85.3 Å². The number of aromatic nitrogens is 2. The molecule has 78 valence electrons. The van der Waals surface area contributed by atoms with Crippen molar-refractivity contribution in [1.82, 2.24) is 15.3 Å². The van der Waals surface area contributed by atoms with E-state index in [4.69, 9.17) is 0 Å². The van der Waals surface area contributed by atoms with Gasteiger partial charge in [0.05, 0.1) is 0 Å². The summed E-state index contributed by atoms with van der Waals surface area (Å²) in [5.74, 6) is 1.96. The number of imidazole rings is 1. The highest BCUT2D eigenvalue weighted by atomic mass is 14.9. The molecule has 3 nitrogen and oxygen atoms in total. The molecule has 1 unspecified atom stereocenters. The first-order valence-corrected chi connectivity index (χ1v) is 5.62. The van der Waals surface area contributed by atoms with Gasteiger partial charge in [-0.1, -0.05) is 13.3 Å². The fourth-order valence-corrected chi connectivity index (χ4v) is 2.07. The molecular formula is C11H19N3. The van der Waals surface area contributed by atoms with Crippen LogP contribution in [-0.2, 0) is 12.8 Å². The van der Waals surface area contributed by atoms with Gasteiger partial charge >= 0.3 is 0 Å². The molecule has 0 radical (unpaired) electrons. The van der Waals surface area contributed by atoms with E-state index in [2.05, 4.69) is 22.2 Å². The summed E-state index contributed by atoms with van der Waals surface area (Å²) in [5, 5.41) is 3.38. The summed E-state index contributed by atoms with van der Waals surface area (Å²) >= 11 is 0. The van der Waals surface area contributed by atoms with E-state index in [1.165, 1.54) is 30.9 Å². The number of aryl methyl sites for hydroxylation is 1. The molecule has 1 saturated heterocycles. The van der Waals surface area contributed by atoms with Crippen LogP contribution in [0.2, 0.25) is 0 Å². The predicted octanol–water partition coefficient (Wildman–Crippen LogP) is 1.51. The minimum atomic E-state index is 0.788. The van der Waals surface area contributed by atoms with Gasteiger partial charge in [0.25, 0.3) is 0 Å². The van der Waals surface area contributed by atoms with Crippen LogP contribution in [0.4, 0.5) is 0 Å². The van der Waals surface area contributed by atoms with Crippen molar-refractivity contribution in [2.45, 2.75) is 32.6 Å². The van der Waals surface area contributed by atoms with E-state index in [0.29, 0.717) is 0 Å². The Balaban J connectivity index is 1.88. The zero-order valence-corrected chi connectivity index (χ0v) is 8.84. The van der Waals surface area contributed by atoms with Gasteiger partial charge in [-0.25, -0.2) is 4.98 Å². The average molecular weight is 193 g/mol. The number of H-pyrrole nitrogens is 1. The molecule has 0 bridgehead atoms. The van der Waals surface area contributed by atoms with Gasteiger partial charge in [0.15, 0.2) is 0 Å². The van der Waals surface area contributed by atoms with Crippen LogP contribution in [0.1, 0.15) is 31.3 Å². The molecule has 0 amide bonds. The minimum absolute atomic E-state index is 0.788. The van der Waals surface area contributed by atoms with Crippen molar-refractivity contribution in [2.24, 2.45) is 5.92 Å². The number of hydrogen-bond acceptors (Lipinski definition) is 2. The zero-order valence-electron chi connectivity index (χ0n) is 8.84. The van der Waals surface area contributed by atoms with Gasteiger partial charge in [0, 0.05) is 18.3 Å². The Morgan fingerprint density at radius 3 is 3.21 bits per heavy atom. The van der Waals surface area contributed by atoms with E-state index in [9.17, 15) is 0 Å². The van der Waals surface area contributed by atoms with Crippen LogP contribution in [0.15, 0.2) is 6.20 Å². The van der Waals surface area contributed by atoms with Crippen molar-refractivity contribution in [3.05, 3.63) is 17.7 Å². The van der Waals surface area contributed by atoms with Crippen molar-refractivity contribution in [3.8, 4) is 0 Å². The van der Waals surface area contributed by atoms with E-state index in [1.54, 1.807) is 0 Å². The van der Waals surface area contributed by atoms with Crippen LogP contribution < -0.4 is 5.32 Å². The fourth-order valence-electron chi connectivity index (χ4n) is 2.07. The molecule has 0 aromatic carbocycles. The standard InChI is InChI=1S/C11H19N3/c1-2-3-10-8-13-11(14-10)6-9-4-5-12-7-9/h8-9,12H,2-7H2,1H3,(H,13,14). The summed E-state index contributed by atoms with van der Waals surface area (Å²) < 4.78 is 0. The predicted molar refractivity (Wildman–Crippen MR) is 57.3 cm³/mol. The minimum Gasteiger partial charge on any atom is -0.346 e. The van der Waals surface area contributed by atoms with Crippen LogP contribution in [0.5, 0.6) is 0 Å². The molecule has 1 aliphatic rings. The third-order valence-electron chi connectivity index (χ3n) is 2.84. The average Bonchev–Trinajstić information content (AvgIpc) is 2.79. The molecule has 0 spiro atoms. The van der Waals surface area contributed by atoms with E-state index < -0.39 is 0 Å². The molecule has 1 atom stereocenters. The van der Waals surface area contributed by atoms with Crippen molar-refractivity contribution < 1.29 is 0 Å². The highest BCUT2D eigenvalue weighted by Crippen LogP contribution is 2.13. The highest BCUT2D eigenvalue weighted by Gasteiger charge is 2.16. The van der Waals surface area contributed by atoms with E-state index in [0.717, 1.165) is 25.3 Å². The first kappa shape index (κ1) is 9.71. The van der Waals surface area contributed by atoms with Crippen LogP contribution in [-0.4, -0.2) is 23.1 Å². The second kappa shape index (κ2) is 4.60. The molecule has 0 saturated carbocycles. The quantitative estimate of drug-likeness (QED) is 0.761. The van der Waals surface area contributed by atoms with Crippen LogP contribution >= 0.6 is 0 Å². The van der Waals surface area contributed by atoms with Crippen molar-refractivity contribution in [2.75, 3.05) is 13.1 Å². The molecule has 2 N–H and O–H groups in total. The number of nitrogens with one attached hydrogen (secondary N) is 2. The Morgan fingerprint density at radius 2 is 2.50 bits per heavy atom. The van der Waals surface area contributed by atoms with Gasteiger partial charge in [0.2, 0.25) is 0 Å². The maximum Gasteiger partial charge on any atom is 0.106 e. The van der Waals surface area contributed by atoms with Gasteiger partial charge in [0.1, 0.15) is 5.82 Å². The monoisotopic (exact) mass is 193 g/mol. The molecule has 2 heterocycles. The molecule has 1 fully saturated rings. The number of hydrogen-bond donors (Lipinski definition) is 2. The molecule has 1 aliphatic heterocycles. The zero-order chi connectivity index (χ0) is 9.80. The van der Waals surface area contributed by atoms with Crippen molar-refractivity contribution in [3.63, 3.8) is 0 Å². The Bertz CT molecular complexity index is 274. The second-order valence-corrected chi connectivity index (χ2v) is 4.17. The summed E-state index contributed by atoms with van der Waals surface area (Å²) in [5.41, 5.74) is 1.29. The van der Waals surface area contributed by atoms with Gasteiger partial charge in [-0.3, -0.25) is 0 Å². The van der Waals surface area contributed by atoms with Crippen molar-refractivity contribution >= 4 is 0 Å². The van der Waals surface area contributed by atoms with Gasteiger partial charge in [-0.15, -0.1) is 0 Å². The van der Waals surface area contributed by atoms with Gasteiger partial charge in [-0.2, -0.15) is 0 Å². The SMILES string of the molecule is CCCc1cnc(CC2CCNC2)[nH]1. The normalized spacial score (nSPS) is 21.6. The summed E-state index contributed by atoms with van der Waals surface area (Å²) in [4.78, 5) is 7.82. The number of rotatable bonds is 4. The van der Waals surface area contributed by atoms with Crippen LogP contribution in [0, 0.1) is 5.92 Å². The molecule has 1 aromatic heterocycles. The lowest BCUT2D eigenvalue weighted by molar-refractivity contribution is 0.564. The van der Waals surface area contributed by atoms with Gasteiger partial charge in [-0.05, 0) is 31.8 Å². The summed E-state index contributed by atoms with van der Waals surface area (Å²) in [7, 11) is 0. The van der Waals surface area contributed by atoms with E-state index in [1.807, 2.05) is 6.20 Å². The third-order valence-corrected chi connectivity index (χ3v) is 2.84.